The average molecular weight is 223 g/mol. The van der Waals surface area contributed by atoms with Crippen LogP contribution in [0.4, 0.5) is 5.69 Å². The molecule has 1 aromatic carbocycles. The predicted octanol–water partition coefficient (Wildman–Crippen LogP) is 1.10. The van der Waals surface area contributed by atoms with Crippen molar-refractivity contribution in [2.75, 3.05) is 25.6 Å². The van der Waals surface area contributed by atoms with E-state index in [1.165, 1.54) is 0 Å². The van der Waals surface area contributed by atoms with Gasteiger partial charge in [0.1, 0.15) is 6.61 Å². The second-order valence-corrected chi connectivity index (χ2v) is 3.40. The normalized spacial score (nSPS) is 7.71. The van der Waals surface area contributed by atoms with Crippen molar-refractivity contribution in [3.05, 3.63) is 29.8 Å². The molecule has 0 radical (unpaired) electrons. The van der Waals surface area contributed by atoms with Gasteiger partial charge in [0, 0.05) is 25.3 Å². The lowest BCUT2D eigenvalue weighted by molar-refractivity contribution is 0.350. The Hall–Kier alpha value is -2.34. The van der Waals surface area contributed by atoms with Crippen LogP contribution in [0, 0.1) is 35.5 Å². The molecule has 0 spiro atoms. The second-order valence-electron chi connectivity index (χ2n) is 3.40. The maximum absolute atomic E-state index is 8.39. The molecule has 2 nitrogen and oxygen atoms in total. The van der Waals surface area contributed by atoms with Crippen molar-refractivity contribution in [2.45, 2.75) is 0 Å². The molecule has 17 heavy (non-hydrogen) atoms. The van der Waals surface area contributed by atoms with Gasteiger partial charge in [0.05, 0.1) is 0 Å². The maximum atomic E-state index is 8.39. The van der Waals surface area contributed by atoms with Gasteiger partial charge in [-0.3, -0.25) is 0 Å². The van der Waals surface area contributed by atoms with Crippen LogP contribution in [-0.2, 0) is 0 Å². The molecule has 0 aliphatic rings. The molecule has 2 heteroatoms. The molecule has 0 aromatic heterocycles. The van der Waals surface area contributed by atoms with Gasteiger partial charge in [0.15, 0.2) is 0 Å². The first-order valence-corrected chi connectivity index (χ1v) is 5.11. The van der Waals surface area contributed by atoms with Crippen LogP contribution in [0.2, 0.25) is 0 Å². The van der Waals surface area contributed by atoms with Gasteiger partial charge >= 0.3 is 0 Å². The zero-order valence-corrected chi connectivity index (χ0v) is 9.91. The Balaban J connectivity index is 2.69. The fourth-order valence-electron chi connectivity index (χ4n) is 1.09. The molecule has 1 rings (SSSR count). The van der Waals surface area contributed by atoms with Crippen LogP contribution in [0.3, 0.4) is 0 Å². The van der Waals surface area contributed by atoms with Gasteiger partial charge in [-0.15, -0.1) is 0 Å². The topological polar surface area (TPSA) is 23.5 Å². The van der Waals surface area contributed by atoms with E-state index in [9.17, 15) is 0 Å². The highest BCUT2D eigenvalue weighted by Crippen LogP contribution is 2.11. The first-order valence-electron chi connectivity index (χ1n) is 5.11. The van der Waals surface area contributed by atoms with Crippen LogP contribution in [-0.4, -0.2) is 25.8 Å². The molecule has 0 atom stereocenters. The lowest BCUT2D eigenvalue weighted by Gasteiger charge is -2.11. The number of anilines is 1. The first kappa shape index (κ1) is 12.7. The summed E-state index contributed by atoms with van der Waals surface area (Å²) in [6.07, 6.45) is 0. The predicted molar refractivity (Wildman–Crippen MR) is 70.3 cm³/mol. The highest BCUT2D eigenvalue weighted by atomic mass is 16.2. The Labute approximate surface area is 102 Å². The molecular weight excluding hydrogens is 210 g/mol. The first-order chi connectivity index (χ1) is 8.24. The van der Waals surface area contributed by atoms with Gasteiger partial charge < -0.3 is 10.0 Å². The van der Waals surface area contributed by atoms with Crippen molar-refractivity contribution in [1.82, 2.24) is 0 Å². The summed E-state index contributed by atoms with van der Waals surface area (Å²) >= 11 is 0. The van der Waals surface area contributed by atoms with E-state index < -0.39 is 0 Å². The van der Waals surface area contributed by atoms with E-state index in [2.05, 4.69) is 35.5 Å². The summed E-state index contributed by atoms with van der Waals surface area (Å²) in [7, 11) is 3.98. The summed E-state index contributed by atoms with van der Waals surface area (Å²) in [5, 5.41) is 8.39. The molecule has 0 aliphatic heterocycles. The van der Waals surface area contributed by atoms with Crippen LogP contribution in [0.1, 0.15) is 5.56 Å². The maximum Gasteiger partial charge on any atom is 0.105 e. The summed E-state index contributed by atoms with van der Waals surface area (Å²) < 4.78 is 0. The van der Waals surface area contributed by atoms with Crippen molar-refractivity contribution >= 4 is 5.69 Å². The lowest BCUT2D eigenvalue weighted by atomic mass is 10.2. The summed E-state index contributed by atoms with van der Waals surface area (Å²) in [6, 6.07) is 7.90. The molecule has 1 N–H and O–H groups in total. The number of hydrogen-bond acceptors (Lipinski definition) is 2. The van der Waals surface area contributed by atoms with Crippen LogP contribution in [0.15, 0.2) is 24.3 Å². The molecule has 0 saturated heterocycles. The van der Waals surface area contributed by atoms with E-state index in [-0.39, 0.29) is 6.61 Å². The molecular formula is C15H13NO. The molecule has 84 valence electrons. The minimum absolute atomic E-state index is 0.173. The third-order valence-electron chi connectivity index (χ3n) is 1.95. The zero-order chi connectivity index (χ0) is 12.5. The summed E-state index contributed by atoms with van der Waals surface area (Å²) in [5.74, 6) is 15.6. The number of nitrogens with zero attached hydrogens (tertiary/aromatic N) is 1. The number of aliphatic hydroxyl groups is 1. The van der Waals surface area contributed by atoms with E-state index in [1.807, 2.05) is 43.3 Å². The van der Waals surface area contributed by atoms with Crippen molar-refractivity contribution in [1.29, 1.82) is 0 Å². The summed E-state index contributed by atoms with van der Waals surface area (Å²) in [5.41, 5.74) is 2.05. The van der Waals surface area contributed by atoms with Gasteiger partial charge in [0.25, 0.3) is 0 Å². The Bertz CT molecular complexity index is 536. The van der Waals surface area contributed by atoms with E-state index in [1.54, 1.807) is 0 Å². The third kappa shape index (κ3) is 4.80. The number of hydrogen-bond donors (Lipinski definition) is 1. The van der Waals surface area contributed by atoms with Crippen molar-refractivity contribution < 1.29 is 5.11 Å². The Morgan fingerprint density at radius 1 is 1.00 bits per heavy atom. The van der Waals surface area contributed by atoms with Gasteiger partial charge in [0.2, 0.25) is 0 Å². The number of rotatable bonds is 1. The second kappa shape index (κ2) is 7.02. The van der Waals surface area contributed by atoms with Crippen LogP contribution >= 0.6 is 0 Å². The Morgan fingerprint density at radius 2 is 1.65 bits per heavy atom. The van der Waals surface area contributed by atoms with E-state index in [0.29, 0.717) is 0 Å². The summed E-state index contributed by atoms with van der Waals surface area (Å²) in [4.78, 5) is 2.03. The highest BCUT2D eigenvalue weighted by molar-refractivity contribution is 5.50. The molecule has 0 aliphatic carbocycles. The van der Waals surface area contributed by atoms with E-state index in [0.717, 1.165) is 11.3 Å². The molecule has 1 aromatic rings. The summed E-state index contributed by atoms with van der Waals surface area (Å²) in [6.45, 7) is -0.173. The fraction of sp³-hybridized carbons (Fsp3) is 0.200. The Kier molecular flexibility index (Phi) is 5.26. The van der Waals surface area contributed by atoms with E-state index >= 15 is 0 Å². The van der Waals surface area contributed by atoms with Crippen LogP contribution in [0.25, 0.3) is 0 Å². The molecule has 0 bridgehead atoms. The van der Waals surface area contributed by atoms with Crippen LogP contribution in [0.5, 0.6) is 0 Å². The van der Waals surface area contributed by atoms with E-state index in [4.69, 9.17) is 5.11 Å². The number of benzene rings is 1. The third-order valence-corrected chi connectivity index (χ3v) is 1.95. The fourth-order valence-corrected chi connectivity index (χ4v) is 1.09. The molecule has 0 fully saturated rings. The molecule has 0 amide bonds. The molecule has 0 saturated carbocycles. The van der Waals surface area contributed by atoms with Crippen molar-refractivity contribution in [3.63, 3.8) is 0 Å². The minimum atomic E-state index is -0.173. The van der Waals surface area contributed by atoms with Gasteiger partial charge in [-0.05, 0) is 47.9 Å². The zero-order valence-electron chi connectivity index (χ0n) is 9.91. The monoisotopic (exact) mass is 223 g/mol. The number of aliphatic hydroxyl groups excluding tert-OH is 1. The van der Waals surface area contributed by atoms with Gasteiger partial charge in [-0.1, -0.05) is 11.8 Å². The SMILES string of the molecule is CN(C)c1ccc(C#CC#CC#CCO)cc1. The smallest absolute Gasteiger partial charge is 0.105 e. The van der Waals surface area contributed by atoms with Gasteiger partial charge in [-0.25, -0.2) is 0 Å². The van der Waals surface area contributed by atoms with Crippen molar-refractivity contribution in [3.8, 4) is 35.5 Å². The Morgan fingerprint density at radius 3 is 2.24 bits per heavy atom. The highest BCUT2D eigenvalue weighted by Gasteiger charge is 1.92. The lowest BCUT2D eigenvalue weighted by Crippen LogP contribution is -2.07. The molecule has 0 unspecified atom stereocenters. The molecule has 0 heterocycles. The quantitative estimate of drug-likeness (QED) is 0.721. The standard InChI is InChI=1S/C15H13NO/c1-16(2)15-11-9-14(10-12-15)8-6-4-3-5-7-13-17/h9-12,17H,13H2,1-2H3. The van der Waals surface area contributed by atoms with Crippen LogP contribution < -0.4 is 4.90 Å². The van der Waals surface area contributed by atoms with Gasteiger partial charge in [-0.2, -0.15) is 0 Å². The largest absolute Gasteiger partial charge is 0.384 e. The van der Waals surface area contributed by atoms with Crippen molar-refractivity contribution in [2.24, 2.45) is 0 Å². The minimum Gasteiger partial charge on any atom is -0.384 e. The average Bonchev–Trinajstić information content (AvgIpc) is 2.34.